The summed E-state index contributed by atoms with van der Waals surface area (Å²) in [6.07, 6.45) is 7.12. The zero-order chi connectivity index (χ0) is 21.5. The smallest absolute Gasteiger partial charge is 0.359 e. The first-order valence-electron chi connectivity index (χ1n) is 9.51. The molecular weight excluding hydrogens is 404 g/mol. The van der Waals surface area contributed by atoms with Gasteiger partial charge < -0.3 is 15.8 Å². The lowest BCUT2D eigenvalue weighted by Crippen LogP contribution is -2.19. The number of allylic oxidation sites excluding steroid dienone is 1. The number of carbonyl (C=O) groups is 1. The molecule has 0 atom stereocenters. The van der Waals surface area contributed by atoms with E-state index in [1.54, 1.807) is 25.1 Å². The number of hydrazone groups is 1. The molecule has 2 heterocycles. The van der Waals surface area contributed by atoms with Crippen LogP contribution in [0.15, 0.2) is 41.3 Å². The number of rotatable bonds is 6. The van der Waals surface area contributed by atoms with Gasteiger partial charge in [0.05, 0.1) is 6.61 Å². The molecule has 1 aliphatic heterocycles. The molecule has 156 valence electrons. The highest BCUT2D eigenvalue weighted by molar-refractivity contribution is 6.30. The van der Waals surface area contributed by atoms with Gasteiger partial charge in [0.2, 0.25) is 0 Å². The number of hydrogen-bond acceptors (Lipinski definition) is 8. The number of nitrogens with two attached hydrogens (primary N) is 1. The second kappa shape index (κ2) is 9.89. The maximum atomic E-state index is 12.4. The molecule has 0 amide bonds. The summed E-state index contributed by atoms with van der Waals surface area (Å²) in [5, 5.41) is 8.01. The number of carbonyl (C=O) groups excluding carboxylic acids is 1. The Kier molecular flexibility index (Phi) is 7.03. The van der Waals surface area contributed by atoms with Gasteiger partial charge >= 0.3 is 5.97 Å². The quantitative estimate of drug-likeness (QED) is 0.596. The van der Waals surface area contributed by atoms with Crippen molar-refractivity contribution in [1.29, 1.82) is 0 Å². The van der Waals surface area contributed by atoms with Gasteiger partial charge in [-0.05, 0) is 56.5 Å². The second-order valence-corrected chi connectivity index (χ2v) is 6.97. The Labute approximate surface area is 179 Å². The lowest BCUT2D eigenvalue weighted by molar-refractivity contribution is 0.0520. The van der Waals surface area contributed by atoms with Crippen molar-refractivity contribution in [2.24, 2.45) is 5.10 Å². The van der Waals surface area contributed by atoms with Crippen molar-refractivity contribution >= 4 is 46.9 Å². The highest BCUT2D eigenvalue weighted by atomic mass is 35.5. The fraction of sp³-hybridized carbons (Fsp3) is 0.238. The molecule has 9 heteroatoms. The van der Waals surface area contributed by atoms with Crippen molar-refractivity contribution in [3.05, 3.63) is 58.3 Å². The molecule has 0 saturated heterocycles. The number of benzene rings is 1. The molecule has 1 aromatic heterocycles. The highest BCUT2D eigenvalue weighted by Crippen LogP contribution is 2.23. The number of nitrogens with zero attached hydrogens (tertiary/aromatic N) is 3. The molecule has 0 bridgehead atoms. The maximum absolute atomic E-state index is 12.4. The summed E-state index contributed by atoms with van der Waals surface area (Å²) >= 11 is 5.92. The fourth-order valence-electron chi connectivity index (χ4n) is 2.65. The number of anilines is 2. The molecule has 2 aromatic rings. The molecule has 30 heavy (non-hydrogen) atoms. The number of ether oxygens (including phenoxy) is 1. The van der Waals surface area contributed by atoms with Gasteiger partial charge in [-0.25, -0.2) is 14.8 Å². The first kappa shape index (κ1) is 21.3. The van der Waals surface area contributed by atoms with E-state index in [9.17, 15) is 4.79 Å². The number of nitrogens with one attached hydrogen (secondary N) is 2. The summed E-state index contributed by atoms with van der Waals surface area (Å²) in [6, 6.07) is 7.30. The lowest BCUT2D eigenvalue weighted by Gasteiger charge is -2.14. The van der Waals surface area contributed by atoms with Crippen LogP contribution in [0.5, 0.6) is 0 Å². The third kappa shape index (κ3) is 5.57. The number of aromatic nitrogens is 2. The van der Waals surface area contributed by atoms with E-state index in [1.165, 1.54) is 0 Å². The zero-order valence-corrected chi connectivity index (χ0v) is 17.5. The summed E-state index contributed by atoms with van der Waals surface area (Å²) in [4.78, 5) is 21.1. The van der Waals surface area contributed by atoms with Crippen molar-refractivity contribution in [2.45, 2.75) is 26.7 Å². The molecule has 0 saturated carbocycles. The van der Waals surface area contributed by atoms with E-state index in [0.29, 0.717) is 16.7 Å². The third-order valence-electron chi connectivity index (χ3n) is 4.20. The van der Waals surface area contributed by atoms with E-state index >= 15 is 0 Å². The SMILES string of the molecule is CCOC(=O)c1nc(/C=C/c2ccc(Cl)cc2)nc(NC2=CCCC(C)=NN2)c1N. The molecule has 0 radical (unpaired) electrons. The first-order valence-corrected chi connectivity index (χ1v) is 9.88. The summed E-state index contributed by atoms with van der Waals surface area (Å²) in [5.41, 5.74) is 11.1. The average molecular weight is 427 g/mol. The Morgan fingerprint density at radius 2 is 2.07 bits per heavy atom. The summed E-state index contributed by atoms with van der Waals surface area (Å²) < 4.78 is 5.09. The van der Waals surface area contributed by atoms with Gasteiger partial charge in [-0.15, -0.1) is 0 Å². The molecule has 4 N–H and O–H groups in total. The summed E-state index contributed by atoms with van der Waals surface area (Å²) in [7, 11) is 0. The van der Waals surface area contributed by atoms with Gasteiger partial charge in [0.25, 0.3) is 0 Å². The summed E-state index contributed by atoms with van der Waals surface area (Å²) in [6.45, 7) is 3.87. The van der Waals surface area contributed by atoms with Crippen LogP contribution in [0.1, 0.15) is 48.6 Å². The number of hydrogen-bond donors (Lipinski definition) is 3. The van der Waals surface area contributed by atoms with Crippen LogP contribution in [0.25, 0.3) is 12.2 Å². The largest absolute Gasteiger partial charge is 0.461 e. The average Bonchev–Trinajstić information content (AvgIpc) is 2.93. The Morgan fingerprint density at radius 3 is 2.80 bits per heavy atom. The van der Waals surface area contributed by atoms with Gasteiger partial charge in [0, 0.05) is 10.7 Å². The number of esters is 1. The molecule has 0 unspecified atom stereocenters. The van der Waals surface area contributed by atoms with Crippen LogP contribution in [-0.4, -0.2) is 28.3 Å². The van der Waals surface area contributed by atoms with E-state index in [-0.39, 0.29) is 23.8 Å². The first-order chi connectivity index (χ1) is 14.5. The van der Waals surface area contributed by atoms with Crippen molar-refractivity contribution in [3.63, 3.8) is 0 Å². The van der Waals surface area contributed by atoms with Crippen LogP contribution in [0.2, 0.25) is 5.02 Å². The lowest BCUT2D eigenvalue weighted by atomic mass is 10.2. The number of nitrogen functional groups attached to an aromatic ring is 1. The topological polar surface area (TPSA) is 115 Å². The fourth-order valence-corrected chi connectivity index (χ4v) is 2.77. The molecular formula is C21H23ClN6O2. The summed E-state index contributed by atoms with van der Waals surface area (Å²) in [5.74, 6) is 0.605. The Hall–Kier alpha value is -3.39. The van der Waals surface area contributed by atoms with E-state index in [1.807, 2.05) is 31.2 Å². The van der Waals surface area contributed by atoms with Crippen LogP contribution in [-0.2, 0) is 4.74 Å². The molecule has 0 aliphatic carbocycles. The van der Waals surface area contributed by atoms with E-state index in [0.717, 1.165) is 24.1 Å². The predicted octanol–water partition coefficient (Wildman–Crippen LogP) is 4.07. The third-order valence-corrected chi connectivity index (χ3v) is 4.45. The molecule has 8 nitrogen and oxygen atoms in total. The standard InChI is InChI=1S/C21H23ClN6O2/c1-3-30-21(29)19-18(23)20(26-17-6-4-5-13(2)27-28-17)25-16(24-19)12-9-14-7-10-15(22)11-8-14/h6-12,28H,3-5,23H2,1-2H3,(H,24,25,26)/b12-9+. The van der Waals surface area contributed by atoms with Gasteiger partial charge in [-0.2, -0.15) is 5.10 Å². The molecule has 1 aromatic carbocycles. The van der Waals surface area contributed by atoms with Crippen LogP contribution in [0, 0.1) is 0 Å². The second-order valence-electron chi connectivity index (χ2n) is 6.54. The van der Waals surface area contributed by atoms with Crippen molar-refractivity contribution in [3.8, 4) is 0 Å². The van der Waals surface area contributed by atoms with Gasteiger partial charge in [-0.3, -0.25) is 5.43 Å². The van der Waals surface area contributed by atoms with Crippen molar-refractivity contribution in [1.82, 2.24) is 15.4 Å². The Morgan fingerprint density at radius 1 is 1.30 bits per heavy atom. The zero-order valence-electron chi connectivity index (χ0n) is 16.8. The molecule has 0 fully saturated rings. The predicted molar refractivity (Wildman–Crippen MR) is 120 cm³/mol. The van der Waals surface area contributed by atoms with E-state index in [2.05, 4.69) is 25.8 Å². The van der Waals surface area contributed by atoms with E-state index < -0.39 is 5.97 Å². The minimum absolute atomic E-state index is 0.000917. The van der Waals surface area contributed by atoms with Crippen LogP contribution < -0.4 is 16.5 Å². The Balaban J connectivity index is 1.94. The van der Waals surface area contributed by atoms with E-state index in [4.69, 9.17) is 22.1 Å². The van der Waals surface area contributed by atoms with Gasteiger partial charge in [0.15, 0.2) is 17.3 Å². The van der Waals surface area contributed by atoms with Crippen LogP contribution >= 0.6 is 11.6 Å². The minimum Gasteiger partial charge on any atom is -0.461 e. The molecule has 1 aliphatic rings. The van der Waals surface area contributed by atoms with Gasteiger partial charge in [-0.1, -0.05) is 29.8 Å². The van der Waals surface area contributed by atoms with Crippen LogP contribution in [0.4, 0.5) is 11.5 Å². The maximum Gasteiger partial charge on any atom is 0.359 e. The normalized spacial score (nSPS) is 13.8. The van der Waals surface area contributed by atoms with Crippen LogP contribution in [0.3, 0.4) is 0 Å². The van der Waals surface area contributed by atoms with Crippen molar-refractivity contribution in [2.75, 3.05) is 17.7 Å². The van der Waals surface area contributed by atoms with Gasteiger partial charge in [0.1, 0.15) is 11.5 Å². The van der Waals surface area contributed by atoms with Crippen molar-refractivity contribution < 1.29 is 9.53 Å². The minimum atomic E-state index is -0.613. The molecule has 3 rings (SSSR count). The highest BCUT2D eigenvalue weighted by Gasteiger charge is 2.19. The monoisotopic (exact) mass is 426 g/mol. The Bertz CT molecular complexity index is 1010. The number of halogens is 1. The molecule has 0 spiro atoms.